The Morgan fingerprint density at radius 3 is 2.45 bits per heavy atom. The second-order valence-electron chi connectivity index (χ2n) is 9.58. The number of esters is 1. The summed E-state index contributed by atoms with van der Waals surface area (Å²) in [6.45, 7) is 3.48. The zero-order valence-electron chi connectivity index (χ0n) is 21.9. The van der Waals surface area contributed by atoms with Gasteiger partial charge in [0.15, 0.2) is 0 Å². The van der Waals surface area contributed by atoms with Gasteiger partial charge in [-0.15, -0.1) is 11.3 Å². The van der Waals surface area contributed by atoms with E-state index < -0.39 is 33.5 Å². The highest BCUT2D eigenvalue weighted by Gasteiger charge is 2.27. The first-order chi connectivity index (χ1) is 18.0. The van der Waals surface area contributed by atoms with E-state index >= 15 is 0 Å². The van der Waals surface area contributed by atoms with Crippen LogP contribution >= 0.6 is 11.3 Å². The van der Waals surface area contributed by atoms with Gasteiger partial charge >= 0.3 is 5.97 Å². The van der Waals surface area contributed by atoms with E-state index in [-0.39, 0.29) is 11.0 Å². The van der Waals surface area contributed by atoms with Crippen molar-refractivity contribution < 1.29 is 22.7 Å². The summed E-state index contributed by atoms with van der Waals surface area (Å²) >= 11 is 1.13. The monoisotopic (exact) mass is 560 g/mol. The molecule has 0 spiro atoms. The zero-order chi connectivity index (χ0) is 27.6. The molecule has 12 heteroatoms. The van der Waals surface area contributed by atoms with Crippen molar-refractivity contribution in [2.45, 2.75) is 69.4 Å². The summed E-state index contributed by atoms with van der Waals surface area (Å²) in [5, 5.41) is 3.06. The van der Waals surface area contributed by atoms with Crippen LogP contribution in [0.25, 0.3) is 10.2 Å². The van der Waals surface area contributed by atoms with Crippen LogP contribution in [-0.4, -0.2) is 54.3 Å². The highest BCUT2D eigenvalue weighted by atomic mass is 32.2. The topological polar surface area (TPSA) is 128 Å². The Balaban J connectivity index is 1.57. The number of hydrogen-bond acceptors (Lipinski definition) is 8. The molecule has 0 bridgehead atoms. The minimum absolute atomic E-state index is 0.101. The second-order valence-corrected chi connectivity index (χ2v) is 12.7. The van der Waals surface area contributed by atoms with Crippen LogP contribution in [-0.2, 0) is 19.6 Å². The van der Waals surface area contributed by atoms with E-state index in [1.165, 1.54) is 49.3 Å². The van der Waals surface area contributed by atoms with Crippen molar-refractivity contribution >= 4 is 49.1 Å². The van der Waals surface area contributed by atoms with Gasteiger partial charge in [-0.3, -0.25) is 14.2 Å². The number of rotatable bonds is 8. The lowest BCUT2D eigenvalue weighted by Crippen LogP contribution is -2.33. The standard InChI is InChI=1S/C26H32N4O6S2/c1-5-20(23(31)28-17-11-13-19(14-12-17)38(34,35)29(3)4)30-15-27-24-21(25(30)32)16(2)22(37-24)26(33)36-18-9-7-6-8-10-18/h11-15,18,20H,5-10H2,1-4H3,(H,28,31). The number of sulfonamides is 1. The van der Waals surface area contributed by atoms with E-state index in [9.17, 15) is 22.8 Å². The molecule has 1 aliphatic carbocycles. The van der Waals surface area contributed by atoms with Crippen molar-refractivity contribution in [1.82, 2.24) is 13.9 Å². The first kappa shape index (κ1) is 27.9. The lowest BCUT2D eigenvalue weighted by atomic mass is 9.98. The van der Waals surface area contributed by atoms with Gasteiger partial charge in [0.1, 0.15) is 21.9 Å². The third kappa shape index (κ3) is 5.52. The van der Waals surface area contributed by atoms with Gasteiger partial charge < -0.3 is 10.1 Å². The van der Waals surface area contributed by atoms with Crippen molar-refractivity contribution in [1.29, 1.82) is 0 Å². The lowest BCUT2D eigenvalue weighted by molar-refractivity contribution is -0.119. The molecule has 204 valence electrons. The number of aromatic nitrogens is 2. The number of thiophene rings is 1. The summed E-state index contributed by atoms with van der Waals surface area (Å²) in [5.41, 5.74) is 0.494. The van der Waals surface area contributed by atoms with Crippen molar-refractivity contribution in [2.75, 3.05) is 19.4 Å². The van der Waals surface area contributed by atoms with Gasteiger partial charge in [-0.25, -0.2) is 22.5 Å². The molecule has 38 heavy (non-hydrogen) atoms. The van der Waals surface area contributed by atoms with Gasteiger partial charge in [0.2, 0.25) is 15.9 Å². The number of hydrogen-bond donors (Lipinski definition) is 1. The molecule has 1 fully saturated rings. The maximum atomic E-state index is 13.5. The maximum Gasteiger partial charge on any atom is 0.348 e. The number of benzene rings is 1. The van der Waals surface area contributed by atoms with E-state index in [2.05, 4.69) is 10.3 Å². The number of fused-ring (bicyclic) bond motifs is 1. The van der Waals surface area contributed by atoms with E-state index in [4.69, 9.17) is 4.74 Å². The molecule has 0 radical (unpaired) electrons. The number of aryl methyl sites for hydroxylation is 1. The van der Waals surface area contributed by atoms with Gasteiger partial charge in [-0.1, -0.05) is 13.3 Å². The molecule has 1 amide bonds. The zero-order valence-corrected chi connectivity index (χ0v) is 23.5. The van der Waals surface area contributed by atoms with Crippen LogP contribution < -0.4 is 10.9 Å². The van der Waals surface area contributed by atoms with E-state index in [0.29, 0.717) is 32.8 Å². The number of carbonyl (C=O) groups is 2. The Labute approximate surface area is 225 Å². The normalized spacial score (nSPS) is 15.5. The number of anilines is 1. The fraction of sp³-hybridized carbons (Fsp3) is 0.462. The predicted molar refractivity (Wildman–Crippen MR) is 146 cm³/mol. The van der Waals surface area contributed by atoms with Crippen LogP contribution in [0.5, 0.6) is 0 Å². The van der Waals surface area contributed by atoms with E-state index in [0.717, 1.165) is 47.7 Å². The molecule has 2 aromatic heterocycles. The van der Waals surface area contributed by atoms with Crippen LogP contribution in [0.1, 0.15) is 66.7 Å². The maximum absolute atomic E-state index is 13.5. The summed E-state index contributed by atoms with van der Waals surface area (Å²) in [4.78, 5) is 44.8. The van der Waals surface area contributed by atoms with Crippen LogP contribution in [0.2, 0.25) is 0 Å². The van der Waals surface area contributed by atoms with Crippen LogP contribution in [0.15, 0.2) is 40.3 Å². The number of nitrogens with zero attached hydrogens (tertiary/aromatic N) is 3. The van der Waals surface area contributed by atoms with E-state index in [1.54, 1.807) is 13.8 Å². The van der Waals surface area contributed by atoms with Gasteiger partial charge in [-0.05, 0) is 68.9 Å². The molecule has 1 aliphatic rings. The molecule has 1 atom stereocenters. The minimum Gasteiger partial charge on any atom is -0.458 e. The third-order valence-corrected chi connectivity index (χ3v) is 9.82. The fourth-order valence-electron chi connectivity index (χ4n) is 4.60. The van der Waals surface area contributed by atoms with Crippen LogP contribution in [0.4, 0.5) is 5.69 Å². The third-order valence-electron chi connectivity index (χ3n) is 6.81. The Morgan fingerprint density at radius 1 is 1.18 bits per heavy atom. The van der Waals surface area contributed by atoms with Crippen LogP contribution in [0.3, 0.4) is 0 Å². The summed E-state index contributed by atoms with van der Waals surface area (Å²) in [6, 6.07) is 4.96. The Bertz CT molecular complexity index is 1500. The van der Waals surface area contributed by atoms with Crippen molar-refractivity contribution in [3.8, 4) is 0 Å². The number of carbonyl (C=O) groups excluding carboxylic acids is 2. The molecule has 2 heterocycles. The van der Waals surface area contributed by atoms with Crippen molar-refractivity contribution in [3.05, 3.63) is 51.4 Å². The van der Waals surface area contributed by atoms with E-state index in [1.807, 2.05) is 0 Å². The molecule has 4 rings (SSSR count). The molecule has 3 aromatic rings. The molecule has 1 aromatic carbocycles. The van der Waals surface area contributed by atoms with Crippen molar-refractivity contribution in [3.63, 3.8) is 0 Å². The van der Waals surface area contributed by atoms with Gasteiger partial charge in [0.05, 0.1) is 16.6 Å². The summed E-state index contributed by atoms with van der Waals surface area (Å²) in [6.07, 6.45) is 6.46. The number of nitrogens with one attached hydrogen (secondary N) is 1. The average Bonchev–Trinajstić information content (AvgIpc) is 3.23. The second kappa shape index (κ2) is 11.3. The lowest BCUT2D eigenvalue weighted by Gasteiger charge is -2.21. The Morgan fingerprint density at radius 2 is 1.84 bits per heavy atom. The molecule has 0 aliphatic heterocycles. The highest BCUT2D eigenvalue weighted by molar-refractivity contribution is 7.89. The van der Waals surface area contributed by atoms with Gasteiger partial charge in [0, 0.05) is 19.8 Å². The molecular formula is C26H32N4O6S2. The molecule has 1 N–H and O–H groups in total. The number of amides is 1. The largest absolute Gasteiger partial charge is 0.458 e. The Kier molecular flexibility index (Phi) is 8.34. The molecule has 1 unspecified atom stereocenters. The fourth-order valence-corrected chi connectivity index (χ4v) is 6.52. The molecule has 1 saturated carbocycles. The molecule has 0 saturated heterocycles. The molecule has 10 nitrogen and oxygen atoms in total. The molecular weight excluding hydrogens is 528 g/mol. The average molecular weight is 561 g/mol. The first-order valence-corrected chi connectivity index (χ1v) is 14.8. The first-order valence-electron chi connectivity index (χ1n) is 12.6. The summed E-state index contributed by atoms with van der Waals surface area (Å²) in [5.74, 6) is -0.878. The van der Waals surface area contributed by atoms with Gasteiger partial charge in [-0.2, -0.15) is 0 Å². The quantitative estimate of drug-likeness (QED) is 0.411. The number of ether oxygens (including phenoxy) is 1. The van der Waals surface area contributed by atoms with Crippen LogP contribution in [0, 0.1) is 6.92 Å². The summed E-state index contributed by atoms with van der Waals surface area (Å²) in [7, 11) is -0.711. The highest BCUT2D eigenvalue weighted by Crippen LogP contribution is 2.30. The smallest absolute Gasteiger partial charge is 0.348 e. The van der Waals surface area contributed by atoms with Gasteiger partial charge in [0.25, 0.3) is 5.56 Å². The SMILES string of the molecule is CCC(C(=O)Nc1ccc(S(=O)(=O)N(C)C)cc1)n1cnc2sc(C(=O)OC3CCCCC3)c(C)c2c1=O. The predicted octanol–water partition coefficient (Wildman–Crippen LogP) is 4.10. The minimum atomic E-state index is -3.59. The summed E-state index contributed by atoms with van der Waals surface area (Å²) < 4.78 is 32.7. The van der Waals surface area contributed by atoms with Crippen molar-refractivity contribution in [2.24, 2.45) is 0 Å². The Hall–Kier alpha value is -3.09.